The number of aromatic nitrogens is 2. The number of aliphatic carboxylic acids is 1. The molecule has 0 aliphatic heterocycles. The van der Waals surface area contributed by atoms with Gasteiger partial charge in [0.1, 0.15) is 6.04 Å². The molecule has 0 amide bonds. The number of imidazole rings is 1. The molecule has 0 aliphatic rings. The largest absolute Gasteiger partial charge is 0.480 e. The van der Waals surface area contributed by atoms with Crippen molar-refractivity contribution in [2.75, 3.05) is 0 Å². The smallest absolute Gasteiger partial charge is 0.320 e. The topological polar surface area (TPSA) is 81.1 Å². The maximum Gasteiger partial charge on any atom is 0.320 e. The lowest BCUT2D eigenvalue weighted by Crippen LogP contribution is -2.32. The van der Waals surface area contributed by atoms with Crippen molar-refractivity contribution in [3.05, 3.63) is 54.1 Å². The number of hydrogen-bond acceptors (Lipinski definition) is 3. The quantitative estimate of drug-likeness (QED) is 0.819. The number of hydrogen-bond donors (Lipinski definition) is 2. The summed E-state index contributed by atoms with van der Waals surface area (Å²) < 4.78 is 1.92. The molecule has 0 saturated carbocycles. The van der Waals surface area contributed by atoms with Gasteiger partial charge in [0.15, 0.2) is 0 Å². The molecule has 0 spiro atoms. The minimum absolute atomic E-state index is 0.247. The molecule has 0 aliphatic carbocycles. The molecule has 5 nitrogen and oxygen atoms in total. The zero-order valence-corrected chi connectivity index (χ0v) is 9.86. The van der Waals surface area contributed by atoms with Crippen molar-refractivity contribution in [1.29, 1.82) is 0 Å². The van der Waals surface area contributed by atoms with Crippen LogP contribution in [0.1, 0.15) is 11.3 Å². The van der Waals surface area contributed by atoms with Gasteiger partial charge in [0, 0.05) is 19.2 Å². The predicted molar refractivity (Wildman–Crippen MR) is 67.1 cm³/mol. The summed E-state index contributed by atoms with van der Waals surface area (Å²) in [5.41, 5.74) is 7.33. The normalized spacial score (nSPS) is 12.3. The second kappa shape index (κ2) is 5.46. The molecule has 2 aromatic rings. The maximum absolute atomic E-state index is 10.6. The molecule has 0 saturated heterocycles. The first kappa shape index (κ1) is 12.3. The van der Waals surface area contributed by atoms with Gasteiger partial charge in [-0.2, -0.15) is 0 Å². The van der Waals surface area contributed by atoms with Crippen molar-refractivity contribution in [3.8, 4) is 0 Å². The number of carbonyl (C=O) groups is 1. The second-order valence-electron chi connectivity index (χ2n) is 4.17. The van der Waals surface area contributed by atoms with Crippen LogP contribution in [-0.2, 0) is 17.8 Å². The number of nitrogens with zero attached hydrogens (tertiary/aromatic N) is 2. The Morgan fingerprint density at radius 1 is 1.39 bits per heavy atom. The fourth-order valence-corrected chi connectivity index (χ4v) is 1.71. The molecule has 94 valence electrons. The zero-order chi connectivity index (χ0) is 13.0. The van der Waals surface area contributed by atoms with Gasteiger partial charge in [0.25, 0.3) is 0 Å². The first-order valence-electron chi connectivity index (χ1n) is 5.68. The zero-order valence-electron chi connectivity index (χ0n) is 9.86. The van der Waals surface area contributed by atoms with E-state index in [1.165, 1.54) is 5.56 Å². The summed E-state index contributed by atoms with van der Waals surface area (Å²) in [6, 6.07) is 9.09. The first-order chi connectivity index (χ1) is 8.65. The average Bonchev–Trinajstić information content (AvgIpc) is 2.77. The molecule has 2 rings (SSSR count). The van der Waals surface area contributed by atoms with E-state index in [0.29, 0.717) is 5.69 Å². The van der Waals surface area contributed by atoms with E-state index >= 15 is 0 Å². The van der Waals surface area contributed by atoms with Crippen molar-refractivity contribution in [2.45, 2.75) is 19.0 Å². The molecule has 0 fully saturated rings. The lowest BCUT2D eigenvalue weighted by molar-refractivity contribution is -0.138. The van der Waals surface area contributed by atoms with Crippen LogP contribution < -0.4 is 5.73 Å². The minimum atomic E-state index is -1.01. The average molecular weight is 245 g/mol. The Balaban J connectivity index is 2.00. The van der Waals surface area contributed by atoms with E-state index in [1.54, 1.807) is 6.33 Å². The number of nitrogens with two attached hydrogens (primary N) is 1. The fourth-order valence-electron chi connectivity index (χ4n) is 1.71. The summed E-state index contributed by atoms with van der Waals surface area (Å²) in [5.74, 6) is -1.01. The van der Waals surface area contributed by atoms with Crippen LogP contribution in [0.4, 0.5) is 0 Å². The molecule has 0 bridgehead atoms. The van der Waals surface area contributed by atoms with E-state index in [0.717, 1.165) is 6.54 Å². The van der Waals surface area contributed by atoms with Gasteiger partial charge in [0.2, 0.25) is 0 Å². The number of carboxylic acids is 1. The molecule has 0 radical (unpaired) electrons. The summed E-state index contributed by atoms with van der Waals surface area (Å²) in [4.78, 5) is 14.8. The van der Waals surface area contributed by atoms with Gasteiger partial charge in [-0.3, -0.25) is 4.79 Å². The third kappa shape index (κ3) is 3.18. The molecule has 18 heavy (non-hydrogen) atoms. The van der Waals surface area contributed by atoms with E-state index < -0.39 is 12.0 Å². The van der Waals surface area contributed by atoms with E-state index in [1.807, 2.05) is 41.1 Å². The second-order valence-corrected chi connectivity index (χ2v) is 4.17. The predicted octanol–water partition coefficient (Wildman–Crippen LogP) is 0.886. The maximum atomic E-state index is 10.6. The van der Waals surface area contributed by atoms with Crippen LogP contribution in [0.15, 0.2) is 42.9 Å². The monoisotopic (exact) mass is 245 g/mol. The van der Waals surface area contributed by atoms with E-state index in [-0.39, 0.29) is 6.42 Å². The van der Waals surface area contributed by atoms with Crippen LogP contribution in [0.5, 0.6) is 0 Å². The molecule has 5 heteroatoms. The minimum Gasteiger partial charge on any atom is -0.480 e. The van der Waals surface area contributed by atoms with Crippen molar-refractivity contribution < 1.29 is 9.90 Å². The van der Waals surface area contributed by atoms with Crippen molar-refractivity contribution in [2.24, 2.45) is 5.73 Å². The Bertz CT molecular complexity index is 522. The van der Waals surface area contributed by atoms with Crippen molar-refractivity contribution in [3.63, 3.8) is 0 Å². The Morgan fingerprint density at radius 2 is 2.11 bits per heavy atom. The van der Waals surface area contributed by atoms with Crippen LogP contribution in [0.25, 0.3) is 0 Å². The van der Waals surface area contributed by atoms with Crippen molar-refractivity contribution >= 4 is 5.97 Å². The molecular weight excluding hydrogens is 230 g/mol. The van der Waals surface area contributed by atoms with Crippen LogP contribution in [-0.4, -0.2) is 26.7 Å². The number of benzene rings is 1. The van der Waals surface area contributed by atoms with E-state index in [2.05, 4.69) is 4.98 Å². The highest BCUT2D eigenvalue weighted by atomic mass is 16.4. The van der Waals surface area contributed by atoms with Gasteiger partial charge in [-0.15, -0.1) is 0 Å². The van der Waals surface area contributed by atoms with Crippen LogP contribution >= 0.6 is 0 Å². The van der Waals surface area contributed by atoms with Gasteiger partial charge < -0.3 is 15.4 Å². The third-order valence-electron chi connectivity index (χ3n) is 2.64. The molecule has 1 atom stereocenters. The molecule has 1 aromatic carbocycles. The molecule has 1 heterocycles. The van der Waals surface area contributed by atoms with E-state index in [9.17, 15) is 4.79 Å². The van der Waals surface area contributed by atoms with Gasteiger partial charge >= 0.3 is 5.97 Å². The fraction of sp³-hybridized carbons (Fsp3) is 0.231. The molecule has 3 N–H and O–H groups in total. The summed E-state index contributed by atoms with van der Waals surface area (Å²) in [5, 5.41) is 8.73. The third-order valence-corrected chi connectivity index (χ3v) is 2.64. The highest BCUT2D eigenvalue weighted by molar-refractivity contribution is 5.73. The molecule has 1 aromatic heterocycles. The van der Waals surface area contributed by atoms with Crippen LogP contribution in [0.2, 0.25) is 0 Å². The van der Waals surface area contributed by atoms with E-state index in [4.69, 9.17) is 10.8 Å². The Morgan fingerprint density at radius 3 is 2.78 bits per heavy atom. The van der Waals surface area contributed by atoms with Crippen LogP contribution in [0, 0.1) is 0 Å². The Hall–Kier alpha value is -2.14. The SMILES string of the molecule is NC(Cc1cn(Cc2ccccc2)cn1)C(=O)O. The molecular formula is C13H15N3O2. The lowest BCUT2D eigenvalue weighted by atomic mass is 10.2. The summed E-state index contributed by atoms with van der Waals surface area (Å²) in [7, 11) is 0. The number of carboxylic acid groups (broad SMARTS) is 1. The summed E-state index contributed by atoms with van der Waals surface area (Å²) in [6.07, 6.45) is 3.77. The lowest BCUT2D eigenvalue weighted by Gasteiger charge is -2.03. The number of rotatable bonds is 5. The standard InChI is InChI=1S/C13H15N3O2/c14-12(13(17)18)6-11-8-16(9-15-11)7-10-4-2-1-3-5-10/h1-5,8-9,12H,6-7,14H2,(H,17,18). The van der Waals surface area contributed by atoms with Gasteiger partial charge in [-0.1, -0.05) is 30.3 Å². The molecule has 1 unspecified atom stereocenters. The summed E-state index contributed by atoms with van der Waals surface area (Å²) >= 11 is 0. The van der Waals surface area contributed by atoms with Crippen molar-refractivity contribution in [1.82, 2.24) is 9.55 Å². The van der Waals surface area contributed by atoms with Gasteiger partial charge in [-0.05, 0) is 5.56 Å². The first-order valence-corrected chi connectivity index (χ1v) is 5.68. The van der Waals surface area contributed by atoms with Crippen LogP contribution in [0.3, 0.4) is 0 Å². The Labute approximate surface area is 105 Å². The van der Waals surface area contributed by atoms with Gasteiger partial charge in [0.05, 0.1) is 12.0 Å². The highest BCUT2D eigenvalue weighted by Crippen LogP contribution is 2.05. The van der Waals surface area contributed by atoms with Gasteiger partial charge in [-0.25, -0.2) is 4.98 Å². The summed E-state index contributed by atoms with van der Waals surface area (Å²) in [6.45, 7) is 0.718. The Kier molecular flexibility index (Phi) is 3.74. The highest BCUT2D eigenvalue weighted by Gasteiger charge is 2.13.